The van der Waals surface area contributed by atoms with Crippen LogP contribution < -0.4 is 5.32 Å². The molecule has 0 spiro atoms. The molecule has 1 amide bonds. The van der Waals surface area contributed by atoms with Crippen molar-refractivity contribution in [3.8, 4) is 0 Å². The molecule has 7 heteroatoms. The number of carbonyl (C=O) groups excluding carboxylic acids is 1. The molecule has 1 aliphatic heterocycles. The highest BCUT2D eigenvalue weighted by Gasteiger charge is 2.28. The van der Waals surface area contributed by atoms with Gasteiger partial charge in [0.05, 0.1) is 18.3 Å². The molecule has 4 rings (SSSR count). The smallest absolute Gasteiger partial charge is 0.240 e. The Balaban J connectivity index is 1.45. The summed E-state index contributed by atoms with van der Waals surface area (Å²) in [6.45, 7) is 1.17. The van der Waals surface area contributed by atoms with Gasteiger partial charge >= 0.3 is 0 Å². The highest BCUT2D eigenvalue weighted by Crippen LogP contribution is 2.31. The molecule has 5 nitrogen and oxygen atoms in total. The Kier molecular flexibility index (Phi) is 5.73. The molecule has 0 radical (unpaired) electrons. The van der Waals surface area contributed by atoms with Crippen molar-refractivity contribution in [1.82, 2.24) is 14.9 Å². The van der Waals surface area contributed by atoms with E-state index in [9.17, 15) is 9.18 Å². The van der Waals surface area contributed by atoms with Crippen molar-refractivity contribution < 1.29 is 9.18 Å². The third kappa shape index (κ3) is 4.43. The summed E-state index contributed by atoms with van der Waals surface area (Å²) >= 11 is 1.41. The van der Waals surface area contributed by atoms with Gasteiger partial charge in [0, 0.05) is 23.7 Å². The zero-order valence-electron chi connectivity index (χ0n) is 15.3. The van der Waals surface area contributed by atoms with Gasteiger partial charge in [-0.1, -0.05) is 24.3 Å². The molecular weight excluding hydrogens is 375 g/mol. The molecule has 0 saturated carbocycles. The summed E-state index contributed by atoms with van der Waals surface area (Å²) in [4.78, 5) is 23.4. The van der Waals surface area contributed by atoms with Crippen LogP contribution in [0.3, 0.4) is 0 Å². The van der Waals surface area contributed by atoms with E-state index >= 15 is 0 Å². The van der Waals surface area contributed by atoms with Gasteiger partial charge in [-0.15, -0.1) is 11.3 Å². The first-order valence-electron chi connectivity index (χ1n) is 9.31. The van der Waals surface area contributed by atoms with Gasteiger partial charge in [-0.3, -0.25) is 14.7 Å². The zero-order chi connectivity index (χ0) is 19.3. The van der Waals surface area contributed by atoms with Crippen molar-refractivity contribution in [1.29, 1.82) is 0 Å². The fourth-order valence-corrected chi connectivity index (χ4v) is 4.14. The van der Waals surface area contributed by atoms with Crippen LogP contribution in [0.5, 0.6) is 0 Å². The van der Waals surface area contributed by atoms with E-state index in [-0.39, 0.29) is 17.8 Å². The van der Waals surface area contributed by atoms with Gasteiger partial charge in [-0.05, 0) is 43.1 Å². The summed E-state index contributed by atoms with van der Waals surface area (Å²) < 4.78 is 14.0. The Morgan fingerprint density at radius 3 is 2.96 bits per heavy atom. The first-order valence-corrected chi connectivity index (χ1v) is 10.2. The second kappa shape index (κ2) is 8.58. The number of thiazole rings is 1. The number of carbonyl (C=O) groups is 1. The van der Waals surface area contributed by atoms with E-state index in [1.165, 1.54) is 17.4 Å². The van der Waals surface area contributed by atoms with Crippen molar-refractivity contribution in [2.45, 2.75) is 25.3 Å². The number of benzene rings is 1. The largest absolute Gasteiger partial charge is 0.301 e. The van der Waals surface area contributed by atoms with E-state index in [4.69, 9.17) is 4.98 Å². The molecule has 144 valence electrons. The van der Waals surface area contributed by atoms with Gasteiger partial charge in [0.15, 0.2) is 5.13 Å². The van der Waals surface area contributed by atoms with Gasteiger partial charge in [0.2, 0.25) is 5.91 Å². The maximum Gasteiger partial charge on any atom is 0.240 e. The predicted molar refractivity (Wildman–Crippen MR) is 108 cm³/mol. The number of nitrogens with zero attached hydrogens (tertiary/aromatic N) is 3. The molecule has 1 unspecified atom stereocenters. The minimum Gasteiger partial charge on any atom is -0.301 e. The molecule has 1 atom stereocenters. The third-order valence-electron chi connectivity index (χ3n) is 4.89. The van der Waals surface area contributed by atoms with Crippen molar-refractivity contribution in [2.75, 3.05) is 18.4 Å². The van der Waals surface area contributed by atoms with E-state index in [1.54, 1.807) is 18.3 Å². The summed E-state index contributed by atoms with van der Waals surface area (Å²) in [6.07, 6.45) is 4.11. The van der Waals surface area contributed by atoms with Crippen molar-refractivity contribution >= 4 is 22.4 Å². The van der Waals surface area contributed by atoms with Crippen LogP contribution in [0.1, 0.15) is 35.8 Å². The van der Waals surface area contributed by atoms with E-state index < -0.39 is 0 Å². The number of aromatic nitrogens is 2. The van der Waals surface area contributed by atoms with Crippen LogP contribution in [-0.4, -0.2) is 33.9 Å². The lowest BCUT2D eigenvalue weighted by molar-refractivity contribution is -0.117. The molecule has 1 aromatic carbocycles. The van der Waals surface area contributed by atoms with Crippen LogP contribution in [0.15, 0.2) is 54.0 Å². The van der Waals surface area contributed by atoms with Crippen molar-refractivity contribution in [3.05, 3.63) is 76.8 Å². The van der Waals surface area contributed by atoms with E-state index in [0.29, 0.717) is 23.7 Å². The van der Waals surface area contributed by atoms with Crippen LogP contribution >= 0.6 is 11.3 Å². The van der Waals surface area contributed by atoms with Gasteiger partial charge < -0.3 is 5.32 Å². The van der Waals surface area contributed by atoms with Gasteiger partial charge in [0.1, 0.15) is 5.82 Å². The summed E-state index contributed by atoms with van der Waals surface area (Å²) in [7, 11) is 0. The summed E-state index contributed by atoms with van der Waals surface area (Å²) in [6, 6.07) is 12.8. The number of anilines is 1. The van der Waals surface area contributed by atoms with Gasteiger partial charge in [-0.25, -0.2) is 9.37 Å². The fraction of sp³-hybridized carbons (Fsp3) is 0.286. The predicted octanol–water partition coefficient (Wildman–Crippen LogP) is 4.04. The highest BCUT2D eigenvalue weighted by molar-refractivity contribution is 7.13. The Morgan fingerprint density at radius 1 is 1.25 bits per heavy atom. The lowest BCUT2D eigenvalue weighted by atomic mass is 10.1. The zero-order valence-corrected chi connectivity index (χ0v) is 16.2. The molecule has 3 aromatic rings. The number of nitrogens with one attached hydrogen (secondary N) is 1. The average molecular weight is 396 g/mol. The van der Waals surface area contributed by atoms with Crippen molar-refractivity contribution in [3.63, 3.8) is 0 Å². The maximum absolute atomic E-state index is 14.0. The number of halogens is 1. The van der Waals surface area contributed by atoms with Gasteiger partial charge in [-0.2, -0.15) is 0 Å². The molecule has 28 heavy (non-hydrogen) atoms. The molecular formula is C21H21FN4OS. The second-order valence-electron chi connectivity index (χ2n) is 6.84. The molecule has 1 N–H and O–H groups in total. The molecule has 3 heterocycles. The van der Waals surface area contributed by atoms with E-state index in [0.717, 1.165) is 30.8 Å². The fourth-order valence-electron chi connectivity index (χ4n) is 3.60. The maximum atomic E-state index is 14.0. The number of amides is 1. The lowest BCUT2D eigenvalue weighted by Gasteiger charge is -2.23. The second-order valence-corrected chi connectivity index (χ2v) is 7.73. The van der Waals surface area contributed by atoms with Crippen LogP contribution in [-0.2, 0) is 11.2 Å². The number of hydrogen-bond acceptors (Lipinski definition) is 5. The lowest BCUT2D eigenvalue weighted by Crippen LogP contribution is -2.33. The van der Waals surface area contributed by atoms with Crippen LogP contribution in [0.25, 0.3) is 0 Å². The highest BCUT2D eigenvalue weighted by atomic mass is 32.1. The Bertz CT molecular complexity index is 947. The monoisotopic (exact) mass is 396 g/mol. The van der Waals surface area contributed by atoms with Crippen LogP contribution in [0, 0.1) is 5.82 Å². The molecule has 0 aliphatic carbocycles. The number of pyridine rings is 1. The quantitative estimate of drug-likeness (QED) is 0.683. The molecule has 2 aromatic heterocycles. The van der Waals surface area contributed by atoms with Crippen molar-refractivity contribution in [2.24, 2.45) is 0 Å². The standard InChI is InChI=1S/C21H21FN4OS/c22-17-7-2-1-5-15(17)13-16-6-3-8-18(24-16)19-9-4-11-26(19)14-20(27)25-21-23-10-12-28-21/h1-3,5-8,10,12,19H,4,9,11,13-14H2,(H,23,25,27). The number of hydrogen-bond donors (Lipinski definition) is 1. The normalized spacial score (nSPS) is 17.0. The third-order valence-corrected chi connectivity index (χ3v) is 5.58. The summed E-state index contributed by atoms with van der Waals surface area (Å²) in [5.41, 5.74) is 2.41. The minimum absolute atomic E-state index is 0.0654. The van der Waals surface area contributed by atoms with E-state index in [1.807, 2.05) is 29.6 Å². The Morgan fingerprint density at radius 2 is 2.14 bits per heavy atom. The molecule has 0 bridgehead atoms. The van der Waals surface area contributed by atoms with Gasteiger partial charge in [0.25, 0.3) is 0 Å². The summed E-state index contributed by atoms with van der Waals surface area (Å²) in [5.74, 6) is -0.277. The SMILES string of the molecule is O=C(CN1CCCC1c1cccc(Cc2ccccc2F)n1)Nc1nccs1. The number of rotatable bonds is 6. The molecule has 1 saturated heterocycles. The van der Waals surface area contributed by atoms with Crippen LogP contribution in [0.4, 0.5) is 9.52 Å². The molecule has 1 aliphatic rings. The Hall–Kier alpha value is -2.64. The first kappa shape index (κ1) is 18.7. The Labute approximate surface area is 167 Å². The minimum atomic E-state index is -0.212. The van der Waals surface area contributed by atoms with Crippen LogP contribution in [0.2, 0.25) is 0 Å². The number of likely N-dealkylation sites (tertiary alicyclic amines) is 1. The topological polar surface area (TPSA) is 58.1 Å². The van der Waals surface area contributed by atoms with E-state index in [2.05, 4.69) is 15.2 Å². The first-order chi connectivity index (χ1) is 13.7. The summed E-state index contributed by atoms with van der Waals surface area (Å²) in [5, 5.41) is 5.28. The average Bonchev–Trinajstić information content (AvgIpc) is 3.36. The molecule has 1 fully saturated rings.